The van der Waals surface area contributed by atoms with Crippen molar-refractivity contribution in [3.63, 3.8) is 0 Å². The van der Waals surface area contributed by atoms with Gasteiger partial charge in [-0.1, -0.05) is 53.9 Å². The Morgan fingerprint density at radius 3 is 2.58 bits per heavy atom. The van der Waals surface area contributed by atoms with Gasteiger partial charge in [-0.15, -0.1) is 0 Å². The van der Waals surface area contributed by atoms with Crippen molar-refractivity contribution >= 4 is 15.9 Å². The van der Waals surface area contributed by atoms with Crippen molar-refractivity contribution in [1.82, 2.24) is 9.78 Å². The van der Waals surface area contributed by atoms with E-state index in [1.54, 1.807) is 0 Å². The fourth-order valence-electron chi connectivity index (χ4n) is 3.03. The molecule has 3 heteroatoms. The summed E-state index contributed by atoms with van der Waals surface area (Å²) in [5.74, 6) is 0. The molecule has 0 amide bonds. The van der Waals surface area contributed by atoms with Crippen LogP contribution in [0, 0.1) is 5.41 Å². The molecule has 3 rings (SSSR count). The van der Waals surface area contributed by atoms with Crippen LogP contribution in [-0.4, -0.2) is 9.78 Å². The second-order valence-corrected chi connectivity index (χ2v) is 6.69. The SMILES string of the molecule is CC1(C(Br)c2cnn(-c3ccccc3)c2)CCCC1. The monoisotopic (exact) mass is 318 g/mol. The van der Waals surface area contributed by atoms with Gasteiger partial charge < -0.3 is 0 Å². The zero-order valence-corrected chi connectivity index (χ0v) is 12.8. The predicted octanol–water partition coefficient (Wildman–Crippen LogP) is 4.89. The summed E-state index contributed by atoms with van der Waals surface area (Å²) in [5.41, 5.74) is 2.78. The molecule has 100 valence electrons. The van der Waals surface area contributed by atoms with Gasteiger partial charge in [0.25, 0.3) is 0 Å². The second kappa shape index (κ2) is 5.12. The van der Waals surface area contributed by atoms with E-state index >= 15 is 0 Å². The van der Waals surface area contributed by atoms with Crippen molar-refractivity contribution in [2.45, 2.75) is 37.4 Å². The van der Waals surface area contributed by atoms with Gasteiger partial charge in [-0.3, -0.25) is 0 Å². The van der Waals surface area contributed by atoms with E-state index in [1.165, 1.54) is 31.2 Å². The Morgan fingerprint density at radius 2 is 1.89 bits per heavy atom. The zero-order valence-electron chi connectivity index (χ0n) is 11.2. The summed E-state index contributed by atoms with van der Waals surface area (Å²) in [4.78, 5) is 0.403. The van der Waals surface area contributed by atoms with Gasteiger partial charge in [-0.05, 0) is 30.4 Å². The molecule has 1 saturated carbocycles. The number of aromatic nitrogens is 2. The molecule has 0 N–H and O–H groups in total. The van der Waals surface area contributed by atoms with Gasteiger partial charge >= 0.3 is 0 Å². The molecule has 1 aromatic heterocycles. The summed E-state index contributed by atoms with van der Waals surface area (Å²) in [5, 5.41) is 4.50. The van der Waals surface area contributed by atoms with Crippen molar-refractivity contribution in [1.29, 1.82) is 0 Å². The minimum absolute atomic E-state index is 0.380. The molecular weight excluding hydrogens is 300 g/mol. The Kier molecular flexibility index (Phi) is 3.48. The average molecular weight is 319 g/mol. The molecule has 1 unspecified atom stereocenters. The Morgan fingerprint density at radius 1 is 1.21 bits per heavy atom. The molecule has 0 aliphatic heterocycles. The quantitative estimate of drug-likeness (QED) is 0.737. The maximum Gasteiger partial charge on any atom is 0.0645 e. The number of alkyl halides is 1. The summed E-state index contributed by atoms with van der Waals surface area (Å²) in [6, 6.07) is 10.3. The van der Waals surface area contributed by atoms with Crippen molar-refractivity contribution in [3.05, 3.63) is 48.3 Å². The zero-order chi connectivity index (χ0) is 13.3. The molecule has 2 aromatic rings. The summed E-state index contributed by atoms with van der Waals surface area (Å²) < 4.78 is 1.96. The van der Waals surface area contributed by atoms with Gasteiger partial charge in [-0.2, -0.15) is 5.10 Å². The number of hydrogen-bond donors (Lipinski definition) is 0. The summed E-state index contributed by atoms with van der Waals surface area (Å²) >= 11 is 3.90. The summed E-state index contributed by atoms with van der Waals surface area (Å²) in [6.07, 6.45) is 9.46. The van der Waals surface area contributed by atoms with E-state index in [9.17, 15) is 0 Å². The molecule has 1 aromatic carbocycles. The Bertz CT molecular complexity index is 541. The van der Waals surface area contributed by atoms with Gasteiger partial charge in [0.15, 0.2) is 0 Å². The van der Waals surface area contributed by atoms with Gasteiger partial charge in [0.05, 0.1) is 11.9 Å². The van der Waals surface area contributed by atoms with Crippen LogP contribution in [0.4, 0.5) is 0 Å². The first-order valence-electron chi connectivity index (χ1n) is 6.93. The summed E-state index contributed by atoms with van der Waals surface area (Å²) in [7, 11) is 0. The van der Waals surface area contributed by atoms with E-state index in [4.69, 9.17) is 0 Å². The minimum Gasteiger partial charge on any atom is -0.241 e. The van der Waals surface area contributed by atoms with Crippen LogP contribution in [-0.2, 0) is 0 Å². The summed E-state index contributed by atoms with van der Waals surface area (Å²) in [6.45, 7) is 2.39. The first-order valence-corrected chi connectivity index (χ1v) is 7.85. The molecular formula is C16H19BrN2. The first-order chi connectivity index (χ1) is 9.19. The molecule has 1 aliphatic rings. The van der Waals surface area contributed by atoms with Crippen LogP contribution < -0.4 is 0 Å². The fourth-order valence-corrected chi connectivity index (χ4v) is 3.72. The molecule has 1 aliphatic carbocycles. The third-order valence-electron chi connectivity index (χ3n) is 4.27. The third-order valence-corrected chi connectivity index (χ3v) is 5.91. The second-order valence-electron chi connectivity index (χ2n) is 5.78. The lowest BCUT2D eigenvalue weighted by molar-refractivity contribution is 0.331. The highest BCUT2D eigenvalue weighted by Crippen LogP contribution is 2.51. The lowest BCUT2D eigenvalue weighted by Crippen LogP contribution is -2.17. The number of rotatable bonds is 3. The molecule has 1 heterocycles. The molecule has 2 nitrogen and oxygen atoms in total. The largest absolute Gasteiger partial charge is 0.241 e. The standard InChI is InChI=1S/C16H19BrN2/c1-16(9-5-6-10-16)15(17)13-11-18-19(12-13)14-7-3-2-4-8-14/h2-4,7-8,11-12,15H,5-6,9-10H2,1H3. The lowest BCUT2D eigenvalue weighted by Gasteiger charge is -2.29. The van der Waals surface area contributed by atoms with Gasteiger partial charge in [0.1, 0.15) is 0 Å². The highest BCUT2D eigenvalue weighted by molar-refractivity contribution is 9.09. The van der Waals surface area contributed by atoms with Crippen molar-refractivity contribution in [2.75, 3.05) is 0 Å². The normalized spacial score (nSPS) is 19.5. The van der Waals surface area contributed by atoms with Gasteiger partial charge in [0, 0.05) is 16.6 Å². The molecule has 0 radical (unpaired) electrons. The molecule has 1 fully saturated rings. The highest BCUT2D eigenvalue weighted by Gasteiger charge is 2.36. The van der Waals surface area contributed by atoms with Crippen LogP contribution in [0.2, 0.25) is 0 Å². The van der Waals surface area contributed by atoms with E-state index < -0.39 is 0 Å². The topological polar surface area (TPSA) is 17.8 Å². The molecule has 0 bridgehead atoms. The number of halogens is 1. The van der Waals surface area contributed by atoms with Crippen molar-refractivity contribution in [2.24, 2.45) is 5.41 Å². The molecule has 1 atom stereocenters. The number of para-hydroxylation sites is 1. The fraction of sp³-hybridized carbons (Fsp3) is 0.438. The van der Waals surface area contributed by atoms with E-state index in [-0.39, 0.29) is 0 Å². The van der Waals surface area contributed by atoms with E-state index in [0.717, 1.165) is 5.69 Å². The van der Waals surface area contributed by atoms with Crippen molar-refractivity contribution < 1.29 is 0 Å². The third kappa shape index (κ3) is 2.48. The van der Waals surface area contributed by atoms with Crippen LogP contribution in [0.5, 0.6) is 0 Å². The number of nitrogens with zero attached hydrogens (tertiary/aromatic N) is 2. The van der Waals surface area contributed by atoms with Crippen LogP contribution >= 0.6 is 15.9 Å². The Labute approximate surface area is 123 Å². The van der Waals surface area contributed by atoms with E-state index in [2.05, 4.69) is 46.3 Å². The maximum atomic E-state index is 4.50. The Balaban J connectivity index is 1.85. The first kappa shape index (κ1) is 12.9. The van der Waals surface area contributed by atoms with Crippen LogP contribution in [0.25, 0.3) is 5.69 Å². The predicted molar refractivity (Wildman–Crippen MR) is 81.8 cm³/mol. The highest BCUT2D eigenvalue weighted by atomic mass is 79.9. The van der Waals surface area contributed by atoms with E-state index in [1.807, 2.05) is 29.1 Å². The van der Waals surface area contributed by atoms with Gasteiger partial charge in [0.2, 0.25) is 0 Å². The maximum absolute atomic E-state index is 4.50. The minimum atomic E-state index is 0.380. The van der Waals surface area contributed by atoms with E-state index in [0.29, 0.717) is 10.2 Å². The van der Waals surface area contributed by atoms with Crippen LogP contribution in [0.1, 0.15) is 43.0 Å². The smallest absolute Gasteiger partial charge is 0.0645 e. The Hall–Kier alpha value is -1.09. The number of hydrogen-bond acceptors (Lipinski definition) is 1. The van der Waals surface area contributed by atoms with Crippen LogP contribution in [0.3, 0.4) is 0 Å². The van der Waals surface area contributed by atoms with Crippen LogP contribution in [0.15, 0.2) is 42.7 Å². The average Bonchev–Trinajstić information content (AvgIpc) is 3.09. The molecule has 19 heavy (non-hydrogen) atoms. The van der Waals surface area contributed by atoms with Crippen molar-refractivity contribution in [3.8, 4) is 5.69 Å². The van der Waals surface area contributed by atoms with Gasteiger partial charge in [-0.25, -0.2) is 4.68 Å². The lowest BCUT2D eigenvalue weighted by atomic mass is 9.83. The molecule has 0 saturated heterocycles. The number of benzene rings is 1. The molecule has 0 spiro atoms.